The Morgan fingerprint density at radius 3 is 2.47 bits per heavy atom. The van der Waals surface area contributed by atoms with Gasteiger partial charge in [0.15, 0.2) is 11.6 Å². The number of aromatic nitrogens is 2. The van der Waals surface area contributed by atoms with Gasteiger partial charge in [0.25, 0.3) is 0 Å². The maximum Gasteiger partial charge on any atom is 0.222 e. The van der Waals surface area contributed by atoms with Gasteiger partial charge in [-0.15, -0.1) is 0 Å². The van der Waals surface area contributed by atoms with Crippen molar-refractivity contribution in [1.29, 1.82) is 5.26 Å². The van der Waals surface area contributed by atoms with Crippen LogP contribution in [0.3, 0.4) is 0 Å². The van der Waals surface area contributed by atoms with Gasteiger partial charge in [0.1, 0.15) is 17.5 Å². The Balaban J connectivity index is 2.80. The van der Waals surface area contributed by atoms with Crippen LogP contribution < -0.4 is 11.5 Å². The van der Waals surface area contributed by atoms with Gasteiger partial charge < -0.3 is 11.5 Å². The van der Waals surface area contributed by atoms with Crippen molar-refractivity contribution in [3.8, 4) is 17.3 Å². The normalized spacial score (nSPS) is 10.2. The molecule has 96 valence electrons. The van der Waals surface area contributed by atoms with Crippen molar-refractivity contribution >= 4 is 11.8 Å². The molecule has 0 unspecified atom stereocenters. The van der Waals surface area contributed by atoms with Gasteiger partial charge in [0, 0.05) is 5.56 Å². The summed E-state index contributed by atoms with van der Waals surface area (Å²) in [6, 6.07) is 4.45. The van der Waals surface area contributed by atoms with Crippen molar-refractivity contribution in [3.05, 3.63) is 34.9 Å². The molecule has 1 aromatic carbocycles. The van der Waals surface area contributed by atoms with E-state index in [1.807, 2.05) is 0 Å². The number of aryl methyl sites for hydroxylation is 1. The number of nitriles is 1. The van der Waals surface area contributed by atoms with Crippen LogP contribution in [-0.4, -0.2) is 9.97 Å². The first-order valence-corrected chi connectivity index (χ1v) is 5.23. The molecule has 0 aliphatic carbocycles. The van der Waals surface area contributed by atoms with Crippen LogP contribution in [0.5, 0.6) is 0 Å². The maximum absolute atomic E-state index is 13.9. The highest BCUT2D eigenvalue weighted by molar-refractivity contribution is 5.73. The van der Waals surface area contributed by atoms with Crippen molar-refractivity contribution in [2.45, 2.75) is 6.92 Å². The molecule has 19 heavy (non-hydrogen) atoms. The summed E-state index contributed by atoms with van der Waals surface area (Å²) < 4.78 is 27.5. The predicted octanol–water partition coefficient (Wildman–Crippen LogP) is 1.77. The standard InChI is InChI=1S/C12H9F2N5/c1-5-2-3-6(9(14)8(5)13)10-7(4-15)11(16)19-12(17)18-10/h2-3H,1H3,(H4,16,17,18,19). The van der Waals surface area contributed by atoms with Gasteiger partial charge in [-0.1, -0.05) is 6.07 Å². The van der Waals surface area contributed by atoms with E-state index in [1.165, 1.54) is 19.1 Å². The van der Waals surface area contributed by atoms with E-state index in [0.717, 1.165) is 0 Å². The molecule has 1 aromatic heterocycles. The molecule has 0 spiro atoms. The zero-order chi connectivity index (χ0) is 14.2. The van der Waals surface area contributed by atoms with E-state index in [0.29, 0.717) is 0 Å². The Kier molecular flexibility index (Phi) is 3.00. The summed E-state index contributed by atoms with van der Waals surface area (Å²) in [6.07, 6.45) is 0. The summed E-state index contributed by atoms with van der Waals surface area (Å²) in [5, 5.41) is 9.00. The van der Waals surface area contributed by atoms with Gasteiger partial charge in [0.2, 0.25) is 5.95 Å². The minimum Gasteiger partial charge on any atom is -0.382 e. The van der Waals surface area contributed by atoms with Crippen LogP contribution in [0.25, 0.3) is 11.3 Å². The summed E-state index contributed by atoms with van der Waals surface area (Å²) in [5.74, 6) is -2.50. The monoisotopic (exact) mass is 261 g/mol. The van der Waals surface area contributed by atoms with Crippen LogP contribution >= 0.6 is 0 Å². The lowest BCUT2D eigenvalue weighted by Gasteiger charge is -2.09. The lowest BCUT2D eigenvalue weighted by Crippen LogP contribution is -2.06. The molecule has 0 fully saturated rings. The third kappa shape index (κ3) is 2.04. The fraction of sp³-hybridized carbons (Fsp3) is 0.0833. The van der Waals surface area contributed by atoms with E-state index >= 15 is 0 Å². The first kappa shape index (κ1) is 12.7. The average Bonchev–Trinajstić information content (AvgIpc) is 2.35. The number of halogens is 2. The van der Waals surface area contributed by atoms with Gasteiger partial charge in [-0.25, -0.2) is 13.8 Å². The molecule has 5 nitrogen and oxygen atoms in total. The summed E-state index contributed by atoms with van der Waals surface area (Å²) in [6.45, 7) is 1.43. The van der Waals surface area contributed by atoms with Crippen LogP contribution in [0.1, 0.15) is 11.1 Å². The van der Waals surface area contributed by atoms with Crippen molar-refractivity contribution in [2.75, 3.05) is 11.5 Å². The molecule has 0 radical (unpaired) electrons. The molecular weight excluding hydrogens is 252 g/mol. The molecule has 0 saturated heterocycles. The highest BCUT2D eigenvalue weighted by atomic mass is 19.2. The Morgan fingerprint density at radius 1 is 1.16 bits per heavy atom. The quantitative estimate of drug-likeness (QED) is 0.814. The number of hydrogen-bond acceptors (Lipinski definition) is 5. The Morgan fingerprint density at radius 2 is 1.84 bits per heavy atom. The maximum atomic E-state index is 13.9. The van der Waals surface area contributed by atoms with Gasteiger partial charge in [-0.05, 0) is 18.6 Å². The van der Waals surface area contributed by atoms with Crippen molar-refractivity contribution in [2.24, 2.45) is 0 Å². The molecule has 7 heteroatoms. The fourth-order valence-corrected chi connectivity index (χ4v) is 1.63. The van der Waals surface area contributed by atoms with Crippen LogP contribution in [0, 0.1) is 29.9 Å². The number of hydrogen-bond donors (Lipinski definition) is 2. The minimum atomic E-state index is -1.10. The second kappa shape index (κ2) is 4.49. The van der Waals surface area contributed by atoms with Crippen LogP contribution in [-0.2, 0) is 0 Å². The molecule has 4 N–H and O–H groups in total. The molecule has 0 saturated carbocycles. The third-order valence-electron chi connectivity index (χ3n) is 2.60. The number of benzene rings is 1. The number of nitrogens with two attached hydrogens (primary N) is 2. The zero-order valence-corrected chi connectivity index (χ0v) is 9.91. The van der Waals surface area contributed by atoms with E-state index in [4.69, 9.17) is 16.7 Å². The van der Waals surface area contributed by atoms with E-state index in [9.17, 15) is 8.78 Å². The number of nitrogens with zero attached hydrogens (tertiary/aromatic N) is 3. The first-order chi connectivity index (χ1) is 8.95. The van der Waals surface area contributed by atoms with Crippen molar-refractivity contribution in [3.63, 3.8) is 0 Å². The third-order valence-corrected chi connectivity index (χ3v) is 2.60. The van der Waals surface area contributed by atoms with Gasteiger partial charge >= 0.3 is 0 Å². The second-order valence-electron chi connectivity index (χ2n) is 3.86. The first-order valence-electron chi connectivity index (χ1n) is 5.23. The summed E-state index contributed by atoms with van der Waals surface area (Å²) in [7, 11) is 0. The molecule has 1 heterocycles. The topological polar surface area (TPSA) is 102 Å². The Bertz CT molecular complexity index is 706. The molecule has 0 aliphatic rings. The van der Waals surface area contributed by atoms with Crippen LogP contribution in [0.15, 0.2) is 12.1 Å². The molecule has 2 aromatic rings. The van der Waals surface area contributed by atoms with Crippen LogP contribution in [0.2, 0.25) is 0 Å². The van der Waals surface area contributed by atoms with Crippen molar-refractivity contribution in [1.82, 2.24) is 9.97 Å². The average molecular weight is 261 g/mol. The van der Waals surface area contributed by atoms with E-state index < -0.39 is 11.6 Å². The highest BCUT2D eigenvalue weighted by Gasteiger charge is 2.19. The molecule has 0 amide bonds. The lowest BCUT2D eigenvalue weighted by atomic mass is 10.0. The van der Waals surface area contributed by atoms with Gasteiger partial charge in [0.05, 0.1) is 5.69 Å². The molecular formula is C12H9F2N5. The fourth-order valence-electron chi connectivity index (χ4n) is 1.63. The second-order valence-corrected chi connectivity index (χ2v) is 3.86. The molecule has 0 atom stereocenters. The zero-order valence-electron chi connectivity index (χ0n) is 9.91. The number of nitrogen functional groups attached to an aromatic ring is 2. The summed E-state index contributed by atoms with van der Waals surface area (Å²) >= 11 is 0. The largest absolute Gasteiger partial charge is 0.382 e. The van der Waals surface area contributed by atoms with Gasteiger partial charge in [-0.3, -0.25) is 0 Å². The SMILES string of the molecule is Cc1ccc(-c2nc(N)nc(N)c2C#N)c(F)c1F. The van der Waals surface area contributed by atoms with E-state index in [2.05, 4.69) is 9.97 Å². The van der Waals surface area contributed by atoms with E-state index in [-0.39, 0.29) is 34.2 Å². The molecule has 0 bridgehead atoms. The smallest absolute Gasteiger partial charge is 0.222 e. The highest BCUT2D eigenvalue weighted by Crippen LogP contribution is 2.29. The predicted molar refractivity (Wildman–Crippen MR) is 65.7 cm³/mol. The van der Waals surface area contributed by atoms with Gasteiger partial charge in [-0.2, -0.15) is 10.2 Å². The summed E-state index contributed by atoms with van der Waals surface area (Å²) in [5.41, 5.74) is 10.6. The lowest BCUT2D eigenvalue weighted by molar-refractivity contribution is 0.505. The minimum absolute atomic E-state index is 0.121. The Labute approximate surface area is 107 Å². The van der Waals surface area contributed by atoms with Crippen LogP contribution in [0.4, 0.5) is 20.5 Å². The van der Waals surface area contributed by atoms with E-state index in [1.54, 1.807) is 6.07 Å². The number of anilines is 2. The molecule has 2 rings (SSSR count). The summed E-state index contributed by atoms with van der Waals surface area (Å²) in [4.78, 5) is 7.37. The Hall–Kier alpha value is -2.75. The van der Waals surface area contributed by atoms with Crippen molar-refractivity contribution < 1.29 is 8.78 Å². The number of rotatable bonds is 1. The molecule has 0 aliphatic heterocycles.